The van der Waals surface area contributed by atoms with Gasteiger partial charge in [-0.2, -0.15) is 0 Å². The molecule has 2 aromatic rings. The van der Waals surface area contributed by atoms with Crippen LogP contribution in [0.25, 0.3) is 0 Å². The second kappa shape index (κ2) is 9.78. The van der Waals surface area contributed by atoms with E-state index in [0.717, 1.165) is 27.4 Å². The molecule has 1 N–H and O–H groups in total. The predicted molar refractivity (Wildman–Crippen MR) is 117 cm³/mol. The van der Waals surface area contributed by atoms with Crippen LogP contribution in [-0.2, 0) is 14.8 Å². The molecule has 6 nitrogen and oxygen atoms in total. The number of nitrogens with one attached hydrogen (secondary N) is 1. The molecule has 0 radical (unpaired) electrons. The van der Waals surface area contributed by atoms with Crippen molar-refractivity contribution in [1.82, 2.24) is 5.32 Å². The zero-order chi connectivity index (χ0) is 21.6. The van der Waals surface area contributed by atoms with Crippen LogP contribution in [0, 0.1) is 6.92 Å². The quantitative estimate of drug-likeness (QED) is 0.677. The summed E-state index contributed by atoms with van der Waals surface area (Å²) in [7, 11) is -3.60. The van der Waals surface area contributed by atoms with E-state index in [1.807, 2.05) is 50.2 Å². The van der Waals surface area contributed by atoms with Gasteiger partial charge in [0.25, 0.3) is 0 Å². The van der Waals surface area contributed by atoms with Crippen molar-refractivity contribution in [2.75, 3.05) is 23.7 Å². The van der Waals surface area contributed by atoms with Crippen LogP contribution >= 0.6 is 0 Å². The Morgan fingerprint density at radius 2 is 1.62 bits per heavy atom. The van der Waals surface area contributed by atoms with Crippen LogP contribution in [0.3, 0.4) is 0 Å². The second-order valence-corrected chi connectivity index (χ2v) is 9.52. The third-order valence-corrected chi connectivity index (χ3v) is 5.60. The summed E-state index contributed by atoms with van der Waals surface area (Å²) in [6, 6.07) is 14.6. The summed E-state index contributed by atoms with van der Waals surface area (Å²) in [5, 5.41) is 2.79. The summed E-state index contributed by atoms with van der Waals surface area (Å²) in [6.45, 7) is 7.95. The van der Waals surface area contributed by atoms with Gasteiger partial charge < -0.3 is 10.1 Å². The number of hydrogen-bond acceptors (Lipinski definition) is 4. The number of amides is 1. The lowest BCUT2D eigenvalue weighted by atomic mass is 10.0. The van der Waals surface area contributed by atoms with E-state index in [1.165, 1.54) is 0 Å². The van der Waals surface area contributed by atoms with Crippen molar-refractivity contribution in [1.29, 1.82) is 0 Å². The molecule has 0 saturated carbocycles. The lowest BCUT2D eigenvalue weighted by Gasteiger charge is -2.23. The molecule has 0 spiro atoms. The van der Waals surface area contributed by atoms with Gasteiger partial charge in [-0.1, -0.05) is 43.7 Å². The minimum atomic E-state index is -3.60. The van der Waals surface area contributed by atoms with Crippen molar-refractivity contribution in [3.63, 3.8) is 0 Å². The largest absolute Gasteiger partial charge is 0.491 e. The van der Waals surface area contributed by atoms with Crippen molar-refractivity contribution >= 4 is 21.6 Å². The van der Waals surface area contributed by atoms with Crippen LogP contribution in [-0.4, -0.2) is 39.8 Å². The average molecular weight is 419 g/mol. The van der Waals surface area contributed by atoms with Gasteiger partial charge in [0.2, 0.25) is 15.9 Å². The molecule has 0 aliphatic heterocycles. The third-order valence-electron chi connectivity index (χ3n) is 4.46. The molecule has 0 aliphatic carbocycles. The topological polar surface area (TPSA) is 75.7 Å². The fourth-order valence-corrected chi connectivity index (χ4v) is 3.63. The summed E-state index contributed by atoms with van der Waals surface area (Å²) in [4.78, 5) is 12.4. The van der Waals surface area contributed by atoms with Gasteiger partial charge in [-0.05, 0) is 49.6 Å². The van der Waals surface area contributed by atoms with Gasteiger partial charge >= 0.3 is 0 Å². The van der Waals surface area contributed by atoms with E-state index in [2.05, 4.69) is 19.2 Å². The number of ether oxygens (including phenoxy) is 1. The Kier molecular flexibility index (Phi) is 7.67. The molecular weight excluding hydrogens is 388 g/mol. The van der Waals surface area contributed by atoms with Crippen LogP contribution in [0.1, 0.15) is 37.8 Å². The number of sulfonamides is 1. The zero-order valence-electron chi connectivity index (χ0n) is 17.7. The van der Waals surface area contributed by atoms with Gasteiger partial charge in [0.15, 0.2) is 0 Å². The summed E-state index contributed by atoms with van der Waals surface area (Å²) in [5.41, 5.74) is 2.71. The van der Waals surface area contributed by atoms with Gasteiger partial charge in [0, 0.05) is 0 Å². The highest BCUT2D eigenvalue weighted by Gasteiger charge is 2.22. The van der Waals surface area contributed by atoms with Crippen molar-refractivity contribution in [3.05, 3.63) is 59.7 Å². The molecular formula is C22H30N2O4S. The Bertz CT molecular complexity index is 907. The van der Waals surface area contributed by atoms with E-state index in [-0.39, 0.29) is 25.1 Å². The van der Waals surface area contributed by atoms with Crippen LogP contribution in [0.15, 0.2) is 48.5 Å². The van der Waals surface area contributed by atoms with Crippen molar-refractivity contribution in [3.8, 4) is 5.75 Å². The molecule has 0 aromatic heterocycles. The molecule has 158 valence electrons. The second-order valence-electron chi connectivity index (χ2n) is 7.61. The van der Waals surface area contributed by atoms with Gasteiger partial charge in [0.1, 0.15) is 18.9 Å². The third kappa shape index (κ3) is 7.09. The monoisotopic (exact) mass is 418 g/mol. The molecule has 0 aliphatic rings. The van der Waals surface area contributed by atoms with Gasteiger partial charge in [0.05, 0.1) is 18.0 Å². The Morgan fingerprint density at radius 1 is 1.03 bits per heavy atom. The zero-order valence-corrected chi connectivity index (χ0v) is 18.5. The molecule has 0 heterocycles. The molecule has 0 saturated heterocycles. The Balaban J connectivity index is 1.97. The fraction of sp³-hybridized carbons (Fsp3) is 0.409. The maximum absolute atomic E-state index is 12.4. The van der Waals surface area contributed by atoms with E-state index in [1.54, 1.807) is 12.1 Å². The van der Waals surface area contributed by atoms with Crippen molar-refractivity contribution < 1.29 is 17.9 Å². The number of carbonyl (C=O) groups excluding carboxylic acids is 1. The summed E-state index contributed by atoms with van der Waals surface area (Å²) in [6.07, 6.45) is 1.10. The van der Waals surface area contributed by atoms with Crippen LogP contribution < -0.4 is 14.4 Å². The van der Waals surface area contributed by atoms with Crippen molar-refractivity contribution in [2.45, 2.75) is 39.7 Å². The lowest BCUT2D eigenvalue weighted by molar-refractivity contribution is -0.120. The van der Waals surface area contributed by atoms with Crippen molar-refractivity contribution in [2.24, 2.45) is 0 Å². The predicted octanol–water partition coefficient (Wildman–Crippen LogP) is 3.47. The fourth-order valence-electron chi connectivity index (χ4n) is 2.77. The molecule has 2 aromatic carbocycles. The molecule has 1 atom stereocenters. The van der Waals surface area contributed by atoms with E-state index in [9.17, 15) is 13.2 Å². The molecule has 0 fully saturated rings. The smallest absolute Gasteiger partial charge is 0.241 e. The number of aryl methyl sites for hydroxylation is 1. The first kappa shape index (κ1) is 22.7. The number of rotatable bonds is 9. The van der Waals surface area contributed by atoms with Crippen LogP contribution in [0.5, 0.6) is 5.75 Å². The molecule has 0 bridgehead atoms. The van der Waals surface area contributed by atoms with E-state index in [4.69, 9.17) is 4.74 Å². The first-order valence-corrected chi connectivity index (χ1v) is 11.5. The van der Waals surface area contributed by atoms with E-state index >= 15 is 0 Å². The first-order valence-electron chi connectivity index (χ1n) is 9.62. The summed E-state index contributed by atoms with van der Waals surface area (Å²) < 4.78 is 31.2. The number of nitrogens with zero attached hydrogens (tertiary/aromatic N) is 1. The summed E-state index contributed by atoms with van der Waals surface area (Å²) in [5.74, 6) is 0.677. The molecule has 0 unspecified atom stereocenters. The average Bonchev–Trinajstić information content (AvgIpc) is 2.65. The van der Waals surface area contributed by atoms with Crippen LogP contribution in [0.4, 0.5) is 5.69 Å². The van der Waals surface area contributed by atoms with E-state index < -0.39 is 10.0 Å². The maximum Gasteiger partial charge on any atom is 0.241 e. The lowest BCUT2D eigenvalue weighted by Crippen LogP contribution is -2.44. The van der Waals surface area contributed by atoms with Gasteiger partial charge in [-0.25, -0.2) is 8.42 Å². The Labute approximate surface area is 173 Å². The number of hydrogen-bond donors (Lipinski definition) is 1. The molecule has 7 heteroatoms. The highest BCUT2D eigenvalue weighted by atomic mass is 32.2. The Morgan fingerprint density at radius 3 is 2.14 bits per heavy atom. The Hall–Kier alpha value is -2.54. The molecule has 29 heavy (non-hydrogen) atoms. The van der Waals surface area contributed by atoms with Crippen LogP contribution in [0.2, 0.25) is 0 Å². The number of carbonyl (C=O) groups is 1. The highest BCUT2D eigenvalue weighted by Crippen LogP contribution is 2.21. The molecule has 1 amide bonds. The minimum Gasteiger partial charge on any atom is -0.491 e. The SMILES string of the molecule is Cc1ccc(OC[C@@H](C)NC(=O)CN(c2ccc(C(C)C)cc2)S(C)(=O)=O)cc1. The minimum absolute atomic E-state index is 0.270. The standard InChI is InChI=1S/C22H30N2O4S/c1-16(2)19-8-10-20(11-9-19)24(29(5,26)27)14-22(25)23-18(4)15-28-21-12-6-17(3)7-13-21/h6-13,16,18H,14-15H2,1-5H3,(H,23,25)/t18-/m1/s1. The van der Waals surface area contributed by atoms with Gasteiger partial charge in [-0.15, -0.1) is 0 Å². The van der Waals surface area contributed by atoms with Gasteiger partial charge in [-0.3, -0.25) is 9.10 Å². The normalized spacial score (nSPS) is 12.5. The number of benzene rings is 2. The number of anilines is 1. The first-order chi connectivity index (χ1) is 13.6. The molecule has 2 rings (SSSR count). The van der Waals surface area contributed by atoms with E-state index in [0.29, 0.717) is 11.6 Å². The highest BCUT2D eigenvalue weighted by molar-refractivity contribution is 7.92. The maximum atomic E-state index is 12.4. The summed E-state index contributed by atoms with van der Waals surface area (Å²) >= 11 is 0.